The lowest BCUT2D eigenvalue weighted by atomic mass is 10.2. The second-order valence-electron chi connectivity index (χ2n) is 7.74. The predicted octanol–water partition coefficient (Wildman–Crippen LogP) is 4.84. The van der Waals surface area contributed by atoms with Crippen molar-refractivity contribution in [3.63, 3.8) is 0 Å². The highest BCUT2D eigenvalue weighted by molar-refractivity contribution is 7.09. The number of esters is 1. The van der Waals surface area contributed by atoms with Gasteiger partial charge in [0.05, 0.1) is 22.8 Å². The van der Waals surface area contributed by atoms with Gasteiger partial charge in [0.25, 0.3) is 0 Å². The van der Waals surface area contributed by atoms with Gasteiger partial charge in [0.1, 0.15) is 11.6 Å². The molecule has 0 fully saturated rings. The van der Waals surface area contributed by atoms with Crippen molar-refractivity contribution < 1.29 is 14.3 Å². The van der Waals surface area contributed by atoms with E-state index in [9.17, 15) is 9.59 Å². The zero-order valence-corrected chi connectivity index (χ0v) is 20.4. The van der Waals surface area contributed by atoms with Gasteiger partial charge in [-0.25, -0.2) is 19.4 Å². The number of hydrogen-bond acceptors (Lipinski definition) is 7. The molecule has 0 unspecified atom stereocenters. The molecule has 1 aromatic carbocycles. The Labute approximate surface area is 205 Å². The Morgan fingerprint density at radius 2 is 1.85 bits per heavy atom. The number of rotatable bonds is 7. The minimum Gasteiger partial charge on any atom is -0.454 e. The Morgan fingerprint density at radius 1 is 1.09 bits per heavy atom. The molecule has 4 aromatic rings. The number of carbonyl (C=O) groups excluding carboxylic acids is 2. The van der Waals surface area contributed by atoms with E-state index < -0.39 is 5.97 Å². The second kappa shape index (κ2) is 10.1. The van der Waals surface area contributed by atoms with Crippen LogP contribution in [0.2, 0.25) is 5.02 Å². The normalized spacial score (nSPS) is 10.8. The van der Waals surface area contributed by atoms with Crippen LogP contribution in [-0.2, 0) is 22.6 Å². The van der Waals surface area contributed by atoms with E-state index in [1.54, 1.807) is 22.2 Å². The molecule has 8 nitrogen and oxygen atoms in total. The fourth-order valence-electron chi connectivity index (χ4n) is 3.24. The highest BCUT2D eigenvalue weighted by atomic mass is 35.5. The van der Waals surface area contributed by atoms with E-state index in [4.69, 9.17) is 16.3 Å². The average molecular weight is 496 g/mol. The van der Waals surface area contributed by atoms with Crippen LogP contribution in [0.25, 0.3) is 5.82 Å². The van der Waals surface area contributed by atoms with Crippen LogP contribution in [0, 0.1) is 20.8 Å². The summed E-state index contributed by atoms with van der Waals surface area (Å²) in [5.41, 5.74) is 4.11. The third kappa shape index (κ3) is 5.67. The van der Waals surface area contributed by atoms with Crippen molar-refractivity contribution in [2.24, 2.45) is 0 Å². The number of benzene rings is 1. The Morgan fingerprint density at radius 3 is 2.56 bits per heavy atom. The Balaban J connectivity index is 1.36. The molecule has 0 saturated carbocycles. The van der Waals surface area contributed by atoms with Crippen LogP contribution >= 0.6 is 22.9 Å². The number of anilines is 1. The van der Waals surface area contributed by atoms with Crippen molar-refractivity contribution in [1.82, 2.24) is 19.7 Å². The van der Waals surface area contributed by atoms with Crippen LogP contribution < -0.4 is 5.32 Å². The molecule has 34 heavy (non-hydrogen) atoms. The highest BCUT2D eigenvalue weighted by Crippen LogP contribution is 2.20. The molecule has 0 saturated heterocycles. The van der Waals surface area contributed by atoms with Crippen LogP contribution in [0.3, 0.4) is 0 Å². The quantitative estimate of drug-likeness (QED) is 0.368. The number of nitrogens with one attached hydrogen (secondary N) is 1. The SMILES string of the molecule is Cc1ccc(NC(=O)Cc2nc(COC(=O)c3nc(-n4nc(C)cc4C)ccc3Cl)cs2)cc1. The lowest BCUT2D eigenvalue weighted by Gasteiger charge is -2.08. The van der Waals surface area contributed by atoms with Gasteiger partial charge in [-0.1, -0.05) is 29.3 Å². The smallest absolute Gasteiger partial charge is 0.358 e. The van der Waals surface area contributed by atoms with Crippen LogP contribution in [-0.4, -0.2) is 31.6 Å². The molecule has 0 radical (unpaired) electrons. The van der Waals surface area contributed by atoms with E-state index >= 15 is 0 Å². The first-order valence-corrected chi connectivity index (χ1v) is 11.7. The van der Waals surface area contributed by atoms with Gasteiger partial charge in [-0.15, -0.1) is 11.3 Å². The number of halogens is 1. The summed E-state index contributed by atoms with van der Waals surface area (Å²) in [4.78, 5) is 33.6. The van der Waals surface area contributed by atoms with Crippen molar-refractivity contribution in [3.05, 3.63) is 86.2 Å². The standard InChI is InChI=1S/C24H22ClN5O3S/c1-14-4-6-17(7-5-14)26-21(31)11-22-27-18(13-34-22)12-33-24(32)23-19(25)8-9-20(28-23)30-16(3)10-15(2)29-30/h4-10,13H,11-12H2,1-3H3,(H,26,31). The fourth-order valence-corrected chi connectivity index (χ4v) is 4.20. The molecule has 0 aliphatic carbocycles. The van der Waals surface area contributed by atoms with Gasteiger partial charge in [0.2, 0.25) is 5.91 Å². The summed E-state index contributed by atoms with van der Waals surface area (Å²) in [5.74, 6) is -0.365. The molecule has 174 valence electrons. The topological polar surface area (TPSA) is 99.0 Å². The molecule has 0 bridgehead atoms. The van der Waals surface area contributed by atoms with Gasteiger partial charge >= 0.3 is 5.97 Å². The van der Waals surface area contributed by atoms with Gasteiger partial charge in [-0.05, 0) is 51.1 Å². The molecule has 1 N–H and O–H groups in total. The lowest BCUT2D eigenvalue weighted by Crippen LogP contribution is -2.14. The summed E-state index contributed by atoms with van der Waals surface area (Å²) in [7, 11) is 0. The van der Waals surface area contributed by atoms with E-state index in [0.29, 0.717) is 16.5 Å². The molecule has 10 heteroatoms. The van der Waals surface area contributed by atoms with Gasteiger partial charge in [-0.3, -0.25) is 4.79 Å². The summed E-state index contributed by atoms with van der Waals surface area (Å²) in [6.45, 7) is 5.70. The first kappa shape index (κ1) is 23.6. The van der Waals surface area contributed by atoms with Gasteiger partial charge in [-0.2, -0.15) is 5.10 Å². The molecular formula is C24H22ClN5O3S. The van der Waals surface area contributed by atoms with Gasteiger partial charge in [0, 0.05) is 16.8 Å². The Bertz CT molecular complexity index is 1350. The Hall–Kier alpha value is -3.56. The zero-order chi connectivity index (χ0) is 24.2. The van der Waals surface area contributed by atoms with Crippen molar-refractivity contribution in [1.29, 1.82) is 0 Å². The van der Waals surface area contributed by atoms with Crippen molar-refractivity contribution >= 4 is 40.5 Å². The van der Waals surface area contributed by atoms with E-state index in [-0.39, 0.29) is 29.7 Å². The molecule has 3 heterocycles. The number of aromatic nitrogens is 4. The number of hydrogen-bond donors (Lipinski definition) is 1. The summed E-state index contributed by atoms with van der Waals surface area (Å²) in [5, 5.41) is 9.78. The number of carbonyl (C=O) groups is 2. The minimum atomic E-state index is -0.667. The molecule has 0 aliphatic heterocycles. The third-order valence-corrected chi connectivity index (χ3v) is 6.05. The highest BCUT2D eigenvalue weighted by Gasteiger charge is 2.18. The maximum atomic E-state index is 12.6. The van der Waals surface area contributed by atoms with E-state index in [1.807, 2.05) is 51.1 Å². The molecule has 1 amide bonds. The molecule has 4 rings (SSSR count). The van der Waals surface area contributed by atoms with Crippen LogP contribution in [0.5, 0.6) is 0 Å². The average Bonchev–Trinajstić information content (AvgIpc) is 3.39. The van der Waals surface area contributed by atoms with Crippen LogP contribution in [0.1, 0.15) is 38.1 Å². The summed E-state index contributed by atoms with van der Waals surface area (Å²) in [6.07, 6.45) is 0.130. The molecule has 0 spiro atoms. The van der Waals surface area contributed by atoms with Crippen molar-refractivity contribution in [2.75, 3.05) is 5.32 Å². The van der Waals surface area contributed by atoms with Crippen LogP contribution in [0.4, 0.5) is 5.69 Å². The van der Waals surface area contributed by atoms with Crippen LogP contribution in [0.15, 0.2) is 47.8 Å². The summed E-state index contributed by atoms with van der Waals surface area (Å²) in [6, 6.07) is 12.7. The number of amides is 1. The maximum Gasteiger partial charge on any atom is 0.358 e. The maximum absolute atomic E-state index is 12.6. The number of aryl methyl sites for hydroxylation is 3. The lowest BCUT2D eigenvalue weighted by molar-refractivity contribution is -0.115. The molecule has 3 aromatic heterocycles. The predicted molar refractivity (Wildman–Crippen MR) is 131 cm³/mol. The monoisotopic (exact) mass is 495 g/mol. The fraction of sp³-hybridized carbons (Fsp3) is 0.208. The largest absolute Gasteiger partial charge is 0.454 e. The Kier molecular flexibility index (Phi) is 7.04. The summed E-state index contributed by atoms with van der Waals surface area (Å²) >= 11 is 7.52. The minimum absolute atomic E-state index is 0.000326. The van der Waals surface area contributed by atoms with Crippen molar-refractivity contribution in [3.8, 4) is 5.82 Å². The first-order valence-electron chi connectivity index (χ1n) is 10.5. The summed E-state index contributed by atoms with van der Waals surface area (Å²) < 4.78 is 7.01. The van der Waals surface area contributed by atoms with Gasteiger partial charge < -0.3 is 10.1 Å². The first-order chi connectivity index (χ1) is 16.3. The van der Waals surface area contributed by atoms with E-state index in [2.05, 4.69) is 20.4 Å². The van der Waals surface area contributed by atoms with E-state index in [0.717, 1.165) is 22.6 Å². The second-order valence-corrected chi connectivity index (χ2v) is 9.09. The molecule has 0 atom stereocenters. The number of ether oxygens (including phenoxy) is 1. The number of nitrogens with zero attached hydrogens (tertiary/aromatic N) is 4. The van der Waals surface area contributed by atoms with Gasteiger partial charge in [0.15, 0.2) is 11.5 Å². The molecular weight excluding hydrogens is 474 g/mol. The number of pyridine rings is 1. The number of thiazole rings is 1. The van der Waals surface area contributed by atoms with Crippen molar-refractivity contribution in [2.45, 2.75) is 33.8 Å². The van der Waals surface area contributed by atoms with E-state index in [1.165, 1.54) is 11.3 Å². The molecule has 0 aliphatic rings. The third-order valence-electron chi connectivity index (χ3n) is 4.85. The zero-order valence-electron chi connectivity index (χ0n) is 18.8.